The molecule has 3 fully saturated rings. The van der Waals surface area contributed by atoms with Gasteiger partial charge in [0.25, 0.3) is 0 Å². The summed E-state index contributed by atoms with van der Waals surface area (Å²) in [5, 5.41) is 16.1. The van der Waals surface area contributed by atoms with Gasteiger partial charge in [-0.25, -0.2) is 4.98 Å². The lowest BCUT2D eigenvalue weighted by molar-refractivity contribution is -0.119. The number of nitrogens with one attached hydrogen (secondary N) is 1. The molecule has 34 heavy (non-hydrogen) atoms. The molecule has 1 aromatic carbocycles. The fourth-order valence-electron chi connectivity index (χ4n) is 5.66. The molecule has 7 nitrogen and oxygen atoms in total. The molecular weight excluding hydrogens is 454 g/mol. The van der Waals surface area contributed by atoms with E-state index < -0.39 is 6.10 Å². The fourth-order valence-corrected chi connectivity index (χ4v) is 5.98. The largest absolute Gasteiger partial charge is 0.389 e. The highest BCUT2D eigenvalue weighted by Crippen LogP contribution is 2.39. The van der Waals surface area contributed by atoms with Crippen LogP contribution in [-0.2, 0) is 14.3 Å². The average molecular weight is 488 g/mol. The van der Waals surface area contributed by atoms with E-state index in [1.54, 1.807) is 6.20 Å². The molecule has 0 aliphatic carbocycles. The lowest BCUT2D eigenvalue weighted by Crippen LogP contribution is -2.56. The zero-order chi connectivity index (χ0) is 24.1. The van der Waals surface area contributed by atoms with Crippen molar-refractivity contribution in [3.63, 3.8) is 0 Å². The third kappa shape index (κ3) is 4.56. The summed E-state index contributed by atoms with van der Waals surface area (Å²) in [5.74, 6) is 0.684. The van der Waals surface area contributed by atoms with Crippen molar-refractivity contribution in [3.05, 3.63) is 35.0 Å². The Kier molecular flexibility index (Phi) is 6.36. The minimum Gasteiger partial charge on any atom is -0.389 e. The average Bonchev–Trinajstić information content (AvgIpc) is 3.35. The quantitative estimate of drug-likeness (QED) is 0.679. The number of carbonyl (C=O) groups is 1. The van der Waals surface area contributed by atoms with Gasteiger partial charge in [-0.1, -0.05) is 11.6 Å². The Morgan fingerprint density at radius 2 is 1.94 bits per heavy atom. The first-order valence-electron chi connectivity index (χ1n) is 12.2. The topological polar surface area (TPSA) is 83.9 Å². The number of amides is 1. The minimum absolute atomic E-state index is 0.0504. The summed E-state index contributed by atoms with van der Waals surface area (Å²) < 4.78 is 11.2. The number of fused-ring (bicyclic) bond motifs is 1. The fraction of sp³-hybridized carbons (Fsp3) is 0.615. The highest BCUT2D eigenvalue weighted by molar-refractivity contribution is 6.32. The van der Waals surface area contributed by atoms with E-state index in [9.17, 15) is 9.90 Å². The van der Waals surface area contributed by atoms with Crippen molar-refractivity contribution in [1.82, 2.24) is 9.88 Å². The van der Waals surface area contributed by atoms with E-state index in [0.717, 1.165) is 47.3 Å². The molecule has 1 aromatic heterocycles. The Balaban J connectivity index is 1.30. The summed E-state index contributed by atoms with van der Waals surface area (Å²) in [6.07, 6.45) is 3.96. The number of aliphatic hydroxyl groups excluding tert-OH is 1. The molecule has 3 atom stereocenters. The zero-order valence-electron chi connectivity index (χ0n) is 20.1. The second-order valence-electron chi connectivity index (χ2n) is 10.9. The molecule has 0 unspecified atom stereocenters. The first-order valence-corrected chi connectivity index (χ1v) is 12.6. The maximum Gasteiger partial charge on any atom is 0.231 e. The van der Waals surface area contributed by atoms with Crippen molar-refractivity contribution < 1.29 is 19.4 Å². The molecule has 5 rings (SSSR count). The number of likely N-dealkylation sites (tertiary alicyclic amines) is 1. The molecule has 8 heteroatoms. The SMILES string of the molecule is CC1(C)C[C@H](C(=O)Nc2cc3cc(C4CCN([C@@]5(C)COC[C@H]5O)CC4)c(Cl)cc3cn2)CO1. The van der Waals surface area contributed by atoms with E-state index in [-0.39, 0.29) is 23.0 Å². The molecule has 0 bridgehead atoms. The summed E-state index contributed by atoms with van der Waals surface area (Å²) in [6, 6.07) is 6.04. The van der Waals surface area contributed by atoms with Crippen LogP contribution in [0.3, 0.4) is 0 Å². The second kappa shape index (κ2) is 9.03. The number of benzene rings is 1. The van der Waals surface area contributed by atoms with Crippen LogP contribution in [0.15, 0.2) is 24.4 Å². The highest BCUT2D eigenvalue weighted by Gasteiger charge is 2.45. The van der Waals surface area contributed by atoms with Gasteiger partial charge in [0.2, 0.25) is 5.91 Å². The van der Waals surface area contributed by atoms with E-state index in [0.29, 0.717) is 38.0 Å². The predicted octanol–water partition coefficient (Wildman–Crippen LogP) is 3.97. The number of hydrogen-bond acceptors (Lipinski definition) is 6. The lowest BCUT2D eigenvalue weighted by Gasteiger charge is -2.43. The Morgan fingerprint density at radius 3 is 2.59 bits per heavy atom. The van der Waals surface area contributed by atoms with Crippen LogP contribution in [0.4, 0.5) is 5.82 Å². The number of anilines is 1. The van der Waals surface area contributed by atoms with Crippen LogP contribution < -0.4 is 5.32 Å². The number of halogens is 1. The first-order chi connectivity index (χ1) is 16.1. The molecule has 4 heterocycles. The van der Waals surface area contributed by atoms with Crippen LogP contribution >= 0.6 is 11.6 Å². The number of ether oxygens (including phenoxy) is 2. The molecule has 3 aliphatic heterocycles. The number of aromatic nitrogens is 1. The number of piperidine rings is 1. The van der Waals surface area contributed by atoms with Crippen molar-refractivity contribution in [2.45, 2.75) is 63.2 Å². The Bertz CT molecular complexity index is 1090. The molecular formula is C26H34ClN3O4. The van der Waals surface area contributed by atoms with Crippen molar-refractivity contribution in [1.29, 1.82) is 0 Å². The van der Waals surface area contributed by atoms with Gasteiger partial charge in [-0.3, -0.25) is 9.69 Å². The minimum atomic E-state index is -0.448. The number of aliphatic hydroxyl groups is 1. The number of hydrogen-bond donors (Lipinski definition) is 2. The molecule has 0 saturated carbocycles. The van der Waals surface area contributed by atoms with Crippen molar-refractivity contribution in [3.8, 4) is 0 Å². The molecule has 0 spiro atoms. The number of nitrogens with zero attached hydrogens (tertiary/aromatic N) is 2. The normalized spacial score (nSPS) is 30.1. The smallest absolute Gasteiger partial charge is 0.231 e. The third-order valence-electron chi connectivity index (χ3n) is 7.92. The van der Waals surface area contributed by atoms with Crippen molar-refractivity contribution >= 4 is 34.1 Å². The van der Waals surface area contributed by atoms with Gasteiger partial charge in [-0.2, -0.15) is 0 Å². The molecule has 3 saturated heterocycles. The van der Waals surface area contributed by atoms with Gasteiger partial charge >= 0.3 is 0 Å². The summed E-state index contributed by atoms with van der Waals surface area (Å²) in [4.78, 5) is 19.5. The number of carbonyl (C=O) groups excluding carboxylic acids is 1. The molecule has 0 radical (unpaired) electrons. The maximum atomic E-state index is 12.7. The van der Waals surface area contributed by atoms with Crippen LogP contribution in [0.2, 0.25) is 5.02 Å². The molecule has 184 valence electrons. The Hall–Kier alpha value is -1.77. The van der Waals surface area contributed by atoms with E-state index in [4.69, 9.17) is 21.1 Å². The van der Waals surface area contributed by atoms with Gasteiger partial charge in [0, 0.05) is 16.6 Å². The van der Waals surface area contributed by atoms with Crippen molar-refractivity contribution in [2.24, 2.45) is 5.92 Å². The van der Waals surface area contributed by atoms with E-state index in [1.807, 2.05) is 26.0 Å². The van der Waals surface area contributed by atoms with Crippen LogP contribution in [0.1, 0.15) is 51.5 Å². The van der Waals surface area contributed by atoms with Gasteiger partial charge in [-0.15, -0.1) is 0 Å². The summed E-state index contributed by atoms with van der Waals surface area (Å²) in [7, 11) is 0. The maximum absolute atomic E-state index is 12.7. The van der Waals surface area contributed by atoms with Gasteiger partial charge in [0.1, 0.15) is 5.82 Å². The molecule has 2 aromatic rings. The second-order valence-corrected chi connectivity index (χ2v) is 11.3. The monoisotopic (exact) mass is 487 g/mol. The van der Waals surface area contributed by atoms with Gasteiger partial charge in [0.05, 0.1) is 43.0 Å². The van der Waals surface area contributed by atoms with Gasteiger partial charge in [-0.05, 0) is 88.2 Å². The van der Waals surface area contributed by atoms with Crippen LogP contribution in [-0.4, -0.2) is 71.1 Å². The lowest BCUT2D eigenvalue weighted by atomic mass is 9.85. The van der Waals surface area contributed by atoms with Crippen LogP contribution in [0.25, 0.3) is 10.8 Å². The number of pyridine rings is 1. The first kappa shape index (κ1) is 23.9. The van der Waals surface area contributed by atoms with Crippen molar-refractivity contribution in [2.75, 3.05) is 38.2 Å². The Morgan fingerprint density at radius 1 is 1.18 bits per heavy atom. The third-order valence-corrected chi connectivity index (χ3v) is 8.24. The molecule has 2 N–H and O–H groups in total. The number of rotatable bonds is 4. The predicted molar refractivity (Wildman–Crippen MR) is 132 cm³/mol. The summed E-state index contributed by atoms with van der Waals surface area (Å²) in [5.41, 5.74) is 0.563. The molecule has 1 amide bonds. The van der Waals surface area contributed by atoms with Crippen LogP contribution in [0, 0.1) is 5.92 Å². The standard InChI is InChI=1S/C26H34ClN3O4/c1-25(2)11-19(13-34-25)24(32)29-23-10-17-8-20(21(27)9-18(17)12-28-23)16-4-6-30(7-5-16)26(3)15-33-14-22(26)31/h8-10,12,16,19,22,31H,4-7,11,13-15H2,1-3H3,(H,28,29,32)/t19-,22+,26-/m0/s1. The zero-order valence-corrected chi connectivity index (χ0v) is 20.9. The van der Waals surface area contributed by atoms with Gasteiger partial charge in [0.15, 0.2) is 0 Å². The summed E-state index contributed by atoms with van der Waals surface area (Å²) >= 11 is 6.70. The highest BCUT2D eigenvalue weighted by atomic mass is 35.5. The molecule has 3 aliphatic rings. The van der Waals surface area contributed by atoms with E-state index >= 15 is 0 Å². The van der Waals surface area contributed by atoms with Crippen LogP contribution in [0.5, 0.6) is 0 Å². The Labute approximate surface area is 205 Å². The van der Waals surface area contributed by atoms with E-state index in [1.165, 1.54) is 0 Å². The summed E-state index contributed by atoms with van der Waals surface area (Å²) in [6.45, 7) is 9.32. The van der Waals surface area contributed by atoms with E-state index in [2.05, 4.69) is 28.2 Å². The van der Waals surface area contributed by atoms with Gasteiger partial charge < -0.3 is 19.9 Å².